The molecule has 10 nitrogen and oxygen atoms in total. The Labute approximate surface area is 239 Å². The smallest absolute Gasteiger partial charge is 0.341 e. The summed E-state index contributed by atoms with van der Waals surface area (Å²) in [5, 5.41) is 13.0. The van der Waals surface area contributed by atoms with E-state index in [4.69, 9.17) is 14.2 Å². The van der Waals surface area contributed by atoms with Crippen molar-refractivity contribution >= 4 is 39.9 Å². The summed E-state index contributed by atoms with van der Waals surface area (Å²) in [6, 6.07) is 13.6. The normalized spacial score (nSPS) is 12.8. The zero-order valence-electron chi connectivity index (χ0n) is 22.4. The van der Waals surface area contributed by atoms with Crippen molar-refractivity contribution < 1.29 is 23.8 Å². The number of thiophene rings is 1. The number of methoxy groups -OCH3 is 1. The Morgan fingerprint density at radius 2 is 1.90 bits per heavy atom. The maximum absolute atomic E-state index is 13.5. The Hall–Kier alpha value is -4.95. The second-order valence-electron chi connectivity index (χ2n) is 9.10. The van der Waals surface area contributed by atoms with E-state index < -0.39 is 17.4 Å². The molecule has 0 saturated carbocycles. The van der Waals surface area contributed by atoms with Gasteiger partial charge in [0, 0.05) is 11.1 Å². The molecule has 208 valence electrons. The van der Waals surface area contributed by atoms with Gasteiger partial charge in [-0.3, -0.25) is 14.0 Å². The lowest BCUT2D eigenvalue weighted by Crippen LogP contribution is -2.20. The van der Waals surface area contributed by atoms with E-state index in [0.717, 1.165) is 35.8 Å². The summed E-state index contributed by atoms with van der Waals surface area (Å²) >= 11 is 1.31. The van der Waals surface area contributed by atoms with Crippen molar-refractivity contribution in [3.63, 3.8) is 0 Å². The van der Waals surface area contributed by atoms with E-state index in [0.29, 0.717) is 34.1 Å². The quantitative estimate of drug-likeness (QED) is 0.175. The van der Waals surface area contributed by atoms with Crippen LogP contribution < -0.4 is 20.3 Å². The van der Waals surface area contributed by atoms with Gasteiger partial charge in [0.25, 0.3) is 11.5 Å². The number of hydrogen-bond donors (Lipinski definition) is 1. The van der Waals surface area contributed by atoms with Crippen LogP contribution in [-0.4, -0.2) is 35.0 Å². The van der Waals surface area contributed by atoms with Crippen molar-refractivity contribution in [2.45, 2.75) is 32.6 Å². The molecule has 1 aliphatic rings. The van der Waals surface area contributed by atoms with Gasteiger partial charge in [-0.15, -0.1) is 11.3 Å². The number of carbonyl (C=O) groups excluding carboxylic acids is 2. The number of amides is 1. The van der Waals surface area contributed by atoms with Crippen LogP contribution in [0.1, 0.15) is 46.1 Å². The van der Waals surface area contributed by atoms with Crippen molar-refractivity contribution in [1.82, 2.24) is 9.38 Å². The lowest BCUT2D eigenvalue weighted by atomic mass is 9.95. The summed E-state index contributed by atoms with van der Waals surface area (Å²) in [6.07, 6.45) is 6.12. The number of aromatic nitrogens is 2. The van der Waals surface area contributed by atoms with Crippen LogP contribution in [-0.2, 0) is 22.4 Å². The molecule has 3 heterocycles. The average Bonchev–Trinajstić information content (AvgIpc) is 3.35. The molecular weight excluding hydrogens is 544 g/mol. The number of benzene rings is 1. The highest BCUT2D eigenvalue weighted by atomic mass is 32.1. The number of aryl methyl sites for hydroxylation is 1. The van der Waals surface area contributed by atoms with Gasteiger partial charge in [0.15, 0.2) is 0 Å². The fourth-order valence-electron chi connectivity index (χ4n) is 4.58. The van der Waals surface area contributed by atoms with Crippen LogP contribution in [0.2, 0.25) is 0 Å². The summed E-state index contributed by atoms with van der Waals surface area (Å²) in [5.41, 5.74) is 0.550. The number of nitrogens with one attached hydrogen (secondary N) is 1. The van der Waals surface area contributed by atoms with Crippen LogP contribution in [0.15, 0.2) is 59.0 Å². The molecule has 0 fully saturated rings. The van der Waals surface area contributed by atoms with Crippen molar-refractivity contribution in [1.29, 1.82) is 5.26 Å². The van der Waals surface area contributed by atoms with Gasteiger partial charge in [-0.1, -0.05) is 6.07 Å². The van der Waals surface area contributed by atoms with E-state index in [9.17, 15) is 19.6 Å². The molecule has 0 radical (unpaired) electrons. The minimum absolute atomic E-state index is 0.0780. The van der Waals surface area contributed by atoms with E-state index in [1.54, 1.807) is 56.5 Å². The number of carbonyl (C=O) groups is 2. The zero-order valence-corrected chi connectivity index (χ0v) is 23.2. The Bertz CT molecular complexity index is 1760. The molecule has 4 aromatic rings. The Morgan fingerprint density at radius 3 is 2.63 bits per heavy atom. The van der Waals surface area contributed by atoms with Gasteiger partial charge >= 0.3 is 5.97 Å². The number of ether oxygens (including phenoxy) is 3. The van der Waals surface area contributed by atoms with E-state index in [2.05, 4.69) is 10.3 Å². The van der Waals surface area contributed by atoms with Crippen LogP contribution in [0.5, 0.6) is 17.4 Å². The maximum atomic E-state index is 13.5. The van der Waals surface area contributed by atoms with Crippen LogP contribution >= 0.6 is 11.3 Å². The SMILES string of the molecule is CCOC(=O)c1c(NC(=O)C(C#N)=Cc2c(Oc3ccc(OC)cc3)nc3ccccn3c2=O)sc2c1CCCC2. The number of hydrogen-bond acceptors (Lipinski definition) is 9. The first kappa shape index (κ1) is 27.6. The number of anilines is 1. The molecule has 0 unspecified atom stereocenters. The second-order valence-corrected chi connectivity index (χ2v) is 10.2. The predicted molar refractivity (Wildman–Crippen MR) is 154 cm³/mol. The van der Waals surface area contributed by atoms with Crippen molar-refractivity contribution in [2.75, 3.05) is 19.0 Å². The zero-order chi connectivity index (χ0) is 28.9. The number of nitriles is 1. The Kier molecular flexibility index (Phi) is 8.12. The minimum atomic E-state index is -0.774. The van der Waals surface area contributed by atoms with Gasteiger partial charge in [-0.05, 0) is 80.6 Å². The van der Waals surface area contributed by atoms with Gasteiger partial charge in [0.2, 0.25) is 5.88 Å². The van der Waals surface area contributed by atoms with Crippen molar-refractivity contribution in [2.24, 2.45) is 0 Å². The number of rotatable bonds is 8. The predicted octanol–water partition coefficient (Wildman–Crippen LogP) is 5.16. The molecule has 0 aliphatic heterocycles. The molecule has 5 rings (SSSR count). The molecule has 11 heteroatoms. The van der Waals surface area contributed by atoms with Gasteiger partial charge in [0.05, 0.1) is 19.3 Å². The van der Waals surface area contributed by atoms with Gasteiger partial charge in [-0.25, -0.2) is 4.79 Å². The van der Waals surface area contributed by atoms with Gasteiger partial charge in [0.1, 0.15) is 39.4 Å². The highest BCUT2D eigenvalue weighted by Crippen LogP contribution is 2.39. The molecule has 1 aliphatic carbocycles. The molecule has 3 aromatic heterocycles. The molecule has 0 bridgehead atoms. The third kappa shape index (κ3) is 5.69. The summed E-state index contributed by atoms with van der Waals surface area (Å²) in [5.74, 6) is -0.379. The molecule has 1 aromatic carbocycles. The summed E-state index contributed by atoms with van der Waals surface area (Å²) < 4.78 is 17.7. The van der Waals surface area contributed by atoms with E-state index >= 15 is 0 Å². The highest BCUT2D eigenvalue weighted by molar-refractivity contribution is 7.17. The fraction of sp³-hybridized carbons (Fsp3) is 0.233. The van der Waals surface area contributed by atoms with Gasteiger partial charge in [-0.2, -0.15) is 10.2 Å². The van der Waals surface area contributed by atoms with Crippen LogP contribution in [0, 0.1) is 11.3 Å². The maximum Gasteiger partial charge on any atom is 0.341 e. The molecule has 1 amide bonds. The minimum Gasteiger partial charge on any atom is -0.497 e. The number of nitrogens with zero attached hydrogens (tertiary/aromatic N) is 3. The largest absolute Gasteiger partial charge is 0.497 e. The highest BCUT2D eigenvalue weighted by Gasteiger charge is 2.28. The van der Waals surface area contributed by atoms with E-state index in [1.165, 1.54) is 21.9 Å². The molecule has 0 spiro atoms. The Balaban J connectivity index is 1.55. The topological polar surface area (TPSA) is 132 Å². The molecule has 0 saturated heterocycles. The molecular formula is C30H26N4O6S. The monoisotopic (exact) mass is 570 g/mol. The molecule has 41 heavy (non-hydrogen) atoms. The number of fused-ring (bicyclic) bond motifs is 2. The third-order valence-corrected chi connectivity index (χ3v) is 7.75. The second kappa shape index (κ2) is 12.1. The van der Waals surface area contributed by atoms with Crippen LogP contribution in [0.3, 0.4) is 0 Å². The number of pyridine rings is 1. The summed E-state index contributed by atoms with van der Waals surface area (Å²) in [7, 11) is 1.54. The first-order chi connectivity index (χ1) is 19.9. The lowest BCUT2D eigenvalue weighted by Gasteiger charge is -2.12. The van der Waals surface area contributed by atoms with Crippen molar-refractivity contribution in [3.8, 4) is 23.4 Å². The van der Waals surface area contributed by atoms with E-state index in [1.807, 2.05) is 6.07 Å². The summed E-state index contributed by atoms with van der Waals surface area (Å²) in [4.78, 5) is 45.2. The first-order valence-corrected chi connectivity index (χ1v) is 13.8. The van der Waals surface area contributed by atoms with E-state index in [-0.39, 0.29) is 23.6 Å². The van der Waals surface area contributed by atoms with Crippen molar-refractivity contribution in [3.05, 3.63) is 86.2 Å². The lowest BCUT2D eigenvalue weighted by molar-refractivity contribution is -0.112. The first-order valence-electron chi connectivity index (χ1n) is 13.0. The van der Waals surface area contributed by atoms with Crippen LogP contribution in [0.25, 0.3) is 11.7 Å². The average molecular weight is 571 g/mol. The van der Waals surface area contributed by atoms with Gasteiger partial charge < -0.3 is 19.5 Å². The fourth-order valence-corrected chi connectivity index (χ4v) is 5.85. The Morgan fingerprint density at radius 1 is 1.15 bits per heavy atom. The third-order valence-electron chi connectivity index (χ3n) is 6.54. The molecule has 0 atom stereocenters. The summed E-state index contributed by atoms with van der Waals surface area (Å²) in [6.45, 7) is 1.91. The number of esters is 1. The standard InChI is InChI=1S/C30H26N4O6S/c1-3-39-30(37)25-21-8-4-5-9-23(21)41-28(25)33-26(35)18(17-31)16-22-27(40-20-13-11-19(38-2)12-14-20)32-24-10-6-7-15-34(24)29(22)36/h6-7,10-16H,3-5,8-9H2,1-2H3,(H,33,35). The van der Waals surface area contributed by atoms with Crippen LogP contribution in [0.4, 0.5) is 5.00 Å². The molecule has 1 N–H and O–H groups in total.